The Hall–Kier alpha value is -3.23. The molecule has 0 unspecified atom stereocenters. The number of amides is 1. The normalized spacial score (nSPS) is 11.7. The van der Waals surface area contributed by atoms with Gasteiger partial charge >= 0.3 is 6.18 Å². The zero-order valence-corrected chi connectivity index (χ0v) is 17.6. The number of rotatable bonds is 9. The highest BCUT2D eigenvalue weighted by Crippen LogP contribution is 2.19. The van der Waals surface area contributed by atoms with Crippen LogP contribution < -0.4 is 20.7 Å². The Kier molecular flexibility index (Phi) is 9.17. The smallest absolute Gasteiger partial charge is 0.422 e. The van der Waals surface area contributed by atoms with Crippen LogP contribution >= 0.6 is 0 Å². The van der Waals surface area contributed by atoms with Gasteiger partial charge < -0.3 is 20.7 Å². The molecule has 0 aliphatic rings. The summed E-state index contributed by atoms with van der Waals surface area (Å²) in [6.07, 6.45) is -3.58. The fourth-order valence-corrected chi connectivity index (χ4v) is 2.65. The summed E-state index contributed by atoms with van der Waals surface area (Å²) in [5.41, 5.74) is 2.73. The molecule has 0 aliphatic heterocycles. The lowest BCUT2D eigenvalue weighted by atomic mass is 10.1. The van der Waals surface area contributed by atoms with Crippen LogP contribution in [0.5, 0.6) is 5.75 Å². The van der Waals surface area contributed by atoms with Crippen LogP contribution in [-0.4, -0.2) is 37.7 Å². The number of alkyl halides is 3. The molecule has 31 heavy (non-hydrogen) atoms. The van der Waals surface area contributed by atoms with Crippen LogP contribution in [0.1, 0.15) is 25.0 Å². The third-order valence-electron chi connectivity index (χ3n) is 4.07. The van der Waals surface area contributed by atoms with Crippen molar-refractivity contribution in [3.63, 3.8) is 0 Å². The molecule has 0 heterocycles. The largest absolute Gasteiger partial charge is 0.484 e. The summed E-state index contributed by atoms with van der Waals surface area (Å²) in [6, 6.07) is 14.0. The lowest BCUT2D eigenvalue weighted by Gasteiger charge is -2.12. The minimum atomic E-state index is -4.36. The number of guanidine groups is 1. The molecule has 168 valence electrons. The van der Waals surface area contributed by atoms with Crippen LogP contribution in [-0.2, 0) is 17.8 Å². The number of nitrogens with one attached hydrogen (secondary N) is 3. The zero-order valence-electron chi connectivity index (χ0n) is 17.6. The minimum Gasteiger partial charge on any atom is -0.484 e. The molecule has 1 amide bonds. The molecule has 0 saturated carbocycles. The first-order valence-electron chi connectivity index (χ1n) is 9.92. The summed E-state index contributed by atoms with van der Waals surface area (Å²) < 4.78 is 41.3. The Labute approximate surface area is 179 Å². The molecule has 0 spiro atoms. The summed E-state index contributed by atoms with van der Waals surface area (Å²) in [4.78, 5) is 15.6. The molecule has 9 heteroatoms. The molecule has 0 atom stereocenters. The van der Waals surface area contributed by atoms with Crippen molar-refractivity contribution < 1.29 is 22.7 Å². The van der Waals surface area contributed by atoms with Crippen molar-refractivity contribution in [2.75, 3.05) is 25.0 Å². The van der Waals surface area contributed by atoms with Gasteiger partial charge in [-0.1, -0.05) is 24.3 Å². The van der Waals surface area contributed by atoms with Crippen LogP contribution in [0.25, 0.3) is 0 Å². The predicted molar refractivity (Wildman–Crippen MR) is 115 cm³/mol. The van der Waals surface area contributed by atoms with Gasteiger partial charge in [0, 0.05) is 25.7 Å². The molecule has 0 bridgehead atoms. The summed E-state index contributed by atoms with van der Waals surface area (Å²) in [5, 5.41) is 9.14. The fourth-order valence-electron chi connectivity index (χ4n) is 2.65. The van der Waals surface area contributed by atoms with E-state index in [4.69, 9.17) is 4.74 Å². The number of carbonyl (C=O) groups excluding carboxylic acids is 1. The van der Waals surface area contributed by atoms with E-state index in [0.717, 1.165) is 23.2 Å². The highest BCUT2D eigenvalue weighted by Gasteiger charge is 2.28. The van der Waals surface area contributed by atoms with E-state index in [-0.39, 0.29) is 11.7 Å². The first kappa shape index (κ1) is 24.0. The Bertz CT molecular complexity index is 851. The second-order valence-electron chi connectivity index (χ2n) is 6.80. The Balaban J connectivity index is 1.83. The maximum atomic E-state index is 12.2. The average Bonchev–Trinajstić information content (AvgIpc) is 2.71. The number of hydrogen-bond acceptors (Lipinski definition) is 3. The third-order valence-corrected chi connectivity index (χ3v) is 4.07. The first-order chi connectivity index (χ1) is 14.7. The maximum absolute atomic E-state index is 12.2. The summed E-state index contributed by atoms with van der Waals surface area (Å²) in [5.74, 6) is 0.707. The van der Waals surface area contributed by atoms with Crippen LogP contribution in [0.3, 0.4) is 0 Å². The van der Waals surface area contributed by atoms with Gasteiger partial charge in [0.2, 0.25) is 5.91 Å². The molecule has 2 rings (SSSR count). The number of halogens is 3. The van der Waals surface area contributed by atoms with E-state index in [0.29, 0.717) is 25.6 Å². The van der Waals surface area contributed by atoms with E-state index in [9.17, 15) is 18.0 Å². The van der Waals surface area contributed by atoms with E-state index in [1.165, 1.54) is 19.1 Å². The summed E-state index contributed by atoms with van der Waals surface area (Å²) in [7, 11) is 0. The highest BCUT2D eigenvalue weighted by atomic mass is 19.4. The zero-order chi connectivity index (χ0) is 22.7. The van der Waals surface area contributed by atoms with Crippen molar-refractivity contribution in [2.24, 2.45) is 4.99 Å². The Morgan fingerprint density at radius 3 is 2.23 bits per heavy atom. The monoisotopic (exact) mass is 436 g/mol. The van der Waals surface area contributed by atoms with Gasteiger partial charge in [-0.25, -0.2) is 4.99 Å². The van der Waals surface area contributed by atoms with Crippen LogP contribution in [0.2, 0.25) is 0 Å². The Morgan fingerprint density at radius 2 is 1.65 bits per heavy atom. The standard InChI is InChI=1S/C22H27F3N4O2/c1-3-26-21(27-13-12-17-4-8-19(9-5-17)29-16(2)30)28-14-18-6-10-20(11-7-18)31-15-22(23,24)25/h4-11H,3,12-15H2,1-2H3,(H,29,30)(H2,26,27,28). The number of anilines is 1. The Morgan fingerprint density at radius 1 is 1.00 bits per heavy atom. The van der Waals surface area contributed by atoms with E-state index < -0.39 is 12.8 Å². The third kappa shape index (κ3) is 9.88. The molecule has 6 nitrogen and oxygen atoms in total. The van der Waals surface area contributed by atoms with Crippen LogP contribution in [0, 0.1) is 0 Å². The number of nitrogens with zero attached hydrogens (tertiary/aromatic N) is 1. The van der Waals surface area contributed by atoms with Gasteiger partial charge in [-0.05, 0) is 48.7 Å². The van der Waals surface area contributed by atoms with Crippen molar-refractivity contribution in [1.82, 2.24) is 10.6 Å². The van der Waals surface area contributed by atoms with Gasteiger partial charge in [-0.3, -0.25) is 4.79 Å². The van der Waals surface area contributed by atoms with Crippen LogP contribution in [0.4, 0.5) is 18.9 Å². The second-order valence-corrected chi connectivity index (χ2v) is 6.80. The highest BCUT2D eigenvalue weighted by molar-refractivity contribution is 5.88. The second kappa shape index (κ2) is 11.8. The van der Waals surface area contributed by atoms with Gasteiger partial charge in [0.25, 0.3) is 0 Å². The fraction of sp³-hybridized carbons (Fsp3) is 0.364. The molecular weight excluding hydrogens is 409 g/mol. The quantitative estimate of drug-likeness (QED) is 0.412. The van der Waals surface area contributed by atoms with Crippen molar-refractivity contribution in [3.8, 4) is 5.75 Å². The van der Waals surface area contributed by atoms with Crippen molar-refractivity contribution >= 4 is 17.6 Å². The average molecular weight is 436 g/mol. The van der Waals surface area contributed by atoms with E-state index >= 15 is 0 Å². The molecule has 0 fully saturated rings. The van der Waals surface area contributed by atoms with Crippen molar-refractivity contribution in [2.45, 2.75) is 33.0 Å². The molecule has 0 aliphatic carbocycles. The van der Waals surface area contributed by atoms with Crippen molar-refractivity contribution in [1.29, 1.82) is 0 Å². The summed E-state index contributed by atoms with van der Waals surface area (Å²) >= 11 is 0. The topological polar surface area (TPSA) is 74.8 Å². The van der Waals surface area contributed by atoms with E-state index in [1.807, 2.05) is 31.2 Å². The number of hydrogen-bond donors (Lipinski definition) is 3. The van der Waals surface area contributed by atoms with Gasteiger partial charge in [-0.2, -0.15) is 13.2 Å². The van der Waals surface area contributed by atoms with E-state index in [2.05, 4.69) is 20.9 Å². The number of ether oxygens (including phenoxy) is 1. The minimum absolute atomic E-state index is 0.107. The van der Waals surface area contributed by atoms with Gasteiger partial charge in [0.1, 0.15) is 5.75 Å². The van der Waals surface area contributed by atoms with Gasteiger partial charge in [-0.15, -0.1) is 0 Å². The molecule has 2 aromatic carbocycles. The summed E-state index contributed by atoms with van der Waals surface area (Å²) in [6.45, 7) is 3.85. The number of aliphatic imine (C=N–C) groups is 1. The molecule has 2 aromatic rings. The molecular formula is C22H27F3N4O2. The lowest BCUT2D eigenvalue weighted by Crippen LogP contribution is -2.38. The SMILES string of the molecule is CCNC(=NCc1ccc(OCC(F)(F)F)cc1)NCCc1ccc(NC(C)=O)cc1. The molecule has 3 N–H and O–H groups in total. The first-order valence-corrected chi connectivity index (χ1v) is 9.92. The predicted octanol–water partition coefficient (Wildman–Crippen LogP) is 3.88. The number of benzene rings is 2. The maximum Gasteiger partial charge on any atom is 0.422 e. The van der Waals surface area contributed by atoms with Crippen molar-refractivity contribution in [3.05, 3.63) is 59.7 Å². The molecule has 0 saturated heterocycles. The van der Waals surface area contributed by atoms with Crippen LogP contribution in [0.15, 0.2) is 53.5 Å². The van der Waals surface area contributed by atoms with Gasteiger partial charge in [0.05, 0.1) is 6.54 Å². The lowest BCUT2D eigenvalue weighted by molar-refractivity contribution is -0.153. The van der Waals surface area contributed by atoms with E-state index in [1.54, 1.807) is 12.1 Å². The van der Waals surface area contributed by atoms with Gasteiger partial charge in [0.15, 0.2) is 12.6 Å². The number of carbonyl (C=O) groups is 1. The molecule has 0 radical (unpaired) electrons. The molecule has 0 aromatic heterocycles.